The maximum absolute atomic E-state index is 10.7. The molecule has 0 fully saturated rings. The molecular formula is C19H19N3O4S. The molecule has 0 saturated carbocycles. The molecule has 3 aromatic rings. The number of hydrogen-bond acceptors (Lipinski definition) is 7. The summed E-state index contributed by atoms with van der Waals surface area (Å²) in [5, 5.41) is 13.2. The molecule has 0 spiro atoms. The normalized spacial score (nSPS) is 12.5. The van der Waals surface area contributed by atoms with Crippen molar-refractivity contribution in [2.24, 2.45) is 0 Å². The molecule has 1 aliphatic rings. The van der Waals surface area contributed by atoms with E-state index in [1.807, 2.05) is 25.1 Å². The number of aromatic nitrogens is 2. The summed E-state index contributed by atoms with van der Waals surface area (Å²) in [5.74, 6) is 2.15. The number of carboxylic acids is 1. The lowest BCUT2D eigenvalue weighted by Crippen LogP contribution is -2.06. The van der Waals surface area contributed by atoms with Crippen LogP contribution in [0.3, 0.4) is 0 Å². The van der Waals surface area contributed by atoms with Gasteiger partial charge in [0.05, 0.1) is 5.39 Å². The summed E-state index contributed by atoms with van der Waals surface area (Å²) in [6, 6.07) is 7.93. The molecule has 7 nitrogen and oxygen atoms in total. The number of benzene rings is 1. The number of aryl methyl sites for hydroxylation is 2. The third-order valence-electron chi connectivity index (χ3n) is 4.25. The van der Waals surface area contributed by atoms with E-state index in [2.05, 4.69) is 21.4 Å². The highest BCUT2D eigenvalue weighted by Crippen LogP contribution is 2.33. The zero-order chi connectivity index (χ0) is 18.8. The van der Waals surface area contributed by atoms with Crippen molar-refractivity contribution in [3.8, 4) is 11.5 Å². The van der Waals surface area contributed by atoms with Gasteiger partial charge in [-0.25, -0.2) is 9.97 Å². The van der Waals surface area contributed by atoms with E-state index in [1.165, 1.54) is 0 Å². The Bertz CT molecular complexity index is 1000. The van der Waals surface area contributed by atoms with E-state index < -0.39 is 5.97 Å². The van der Waals surface area contributed by atoms with Gasteiger partial charge in [-0.15, -0.1) is 11.3 Å². The van der Waals surface area contributed by atoms with Crippen LogP contribution in [0.4, 0.5) is 5.82 Å². The van der Waals surface area contributed by atoms with Gasteiger partial charge in [0.2, 0.25) is 6.79 Å². The molecule has 0 saturated heterocycles. The van der Waals surface area contributed by atoms with E-state index in [-0.39, 0.29) is 13.2 Å². The van der Waals surface area contributed by atoms with Crippen molar-refractivity contribution in [1.82, 2.24) is 9.97 Å². The monoisotopic (exact) mass is 385 g/mol. The molecule has 1 aliphatic heterocycles. The van der Waals surface area contributed by atoms with Gasteiger partial charge in [-0.3, -0.25) is 4.79 Å². The van der Waals surface area contributed by atoms with Crippen LogP contribution in [0.25, 0.3) is 10.2 Å². The molecule has 0 atom stereocenters. The van der Waals surface area contributed by atoms with E-state index in [9.17, 15) is 4.79 Å². The topological polar surface area (TPSA) is 93.6 Å². The summed E-state index contributed by atoms with van der Waals surface area (Å²) in [5.41, 5.74) is 1.06. The number of carbonyl (C=O) groups is 1. The molecule has 1 aromatic carbocycles. The highest BCUT2D eigenvalue weighted by Gasteiger charge is 2.14. The summed E-state index contributed by atoms with van der Waals surface area (Å²) in [4.78, 5) is 22.0. The number of nitrogens with one attached hydrogen (secondary N) is 1. The molecule has 2 N–H and O–H groups in total. The predicted octanol–water partition coefficient (Wildman–Crippen LogP) is 3.75. The van der Waals surface area contributed by atoms with Crippen LogP contribution in [0.15, 0.2) is 24.3 Å². The summed E-state index contributed by atoms with van der Waals surface area (Å²) in [7, 11) is 0. The summed E-state index contributed by atoms with van der Waals surface area (Å²) in [6.45, 7) is 2.89. The van der Waals surface area contributed by atoms with E-state index >= 15 is 0 Å². The largest absolute Gasteiger partial charge is 0.481 e. The van der Waals surface area contributed by atoms with Crippen LogP contribution in [-0.4, -0.2) is 27.8 Å². The minimum Gasteiger partial charge on any atom is -0.481 e. The second-order valence-corrected chi connectivity index (χ2v) is 7.59. The number of nitrogens with zero attached hydrogens (tertiary/aromatic N) is 2. The quantitative estimate of drug-likeness (QED) is 0.640. The standard InChI is InChI=1S/C19H19N3O4S/c1-11-7-13-18(20-9-12-5-6-14-15(8-12)26-10-25-14)21-16(22-19(13)27-11)3-2-4-17(23)24/h5-8H,2-4,9-10H2,1H3,(H,23,24)(H,20,21,22). The van der Waals surface area contributed by atoms with E-state index in [0.29, 0.717) is 25.2 Å². The van der Waals surface area contributed by atoms with Crippen LogP contribution in [0, 0.1) is 6.92 Å². The number of anilines is 1. The Morgan fingerprint density at radius 2 is 2.11 bits per heavy atom. The number of ether oxygens (including phenoxy) is 2. The van der Waals surface area contributed by atoms with E-state index in [1.54, 1.807) is 11.3 Å². The average Bonchev–Trinajstić information content (AvgIpc) is 3.24. The lowest BCUT2D eigenvalue weighted by atomic mass is 10.2. The maximum atomic E-state index is 10.7. The average molecular weight is 385 g/mol. The number of rotatable bonds is 7. The minimum absolute atomic E-state index is 0.116. The molecule has 140 valence electrons. The van der Waals surface area contributed by atoms with Crippen LogP contribution in [0.5, 0.6) is 11.5 Å². The van der Waals surface area contributed by atoms with Crippen molar-refractivity contribution in [1.29, 1.82) is 0 Å². The van der Waals surface area contributed by atoms with Crippen molar-refractivity contribution in [2.45, 2.75) is 32.7 Å². The number of carboxylic acid groups (broad SMARTS) is 1. The summed E-state index contributed by atoms with van der Waals surface area (Å²) < 4.78 is 10.8. The molecule has 27 heavy (non-hydrogen) atoms. The van der Waals surface area contributed by atoms with Crippen LogP contribution in [0.2, 0.25) is 0 Å². The first-order chi connectivity index (χ1) is 13.1. The van der Waals surface area contributed by atoms with Gasteiger partial charge < -0.3 is 19.9 Å². The second-order valence-electron chi connectivity index (χ2n) is 6.35. The SMILES string of the molecule is Cc1cc2c(NCc3ccc4c(c3)OCO4)nc(CCCC(=O)O)nc2s1. The van der Waals surface area contributed by atoms with Gasteiger partial charge in [0.25, 0.3) is 0 Å². The zero-order valence-corrected chi connectivity index (χ0v) is 15.6. The van der Waals surface area contributed by atoms with Crippen LogP contribution >= 0.6 is 11.3 Å². The lowest BCUT2D eigenvalue weighted by molar-refractivity contribution is -0.137. The second kappa shape index (κ2) is 7.40. The smallest absolute Gasteiger partial charge is 0.303 e. The molecule has 2 aromatic heterocycles. The van der Waals surface area contributed by atoms with Gasteiger partial charge in [-0.05, 0) is 37.1 Å². The lowest BCUT2D eigenvalue weighted by Gasteiger charge is -2.09. The molecule has 3 heterocycles. The molecule has 0 unspecified atom stereocenters. The maximum Gasteiger partial charge on any atom is 0.303 e. The highest BCUT2D eigenvalue weighted by atomic mass is 32.1. The number of thiophene rings is 1. The minimum atomic E-state index is -0.802. The number of fused-ring (bicyclic) bond motifs is 2. The van der Waals surface area contributed by atoms with E-state index in [0.717, 1.165) is 38.0 Å². The Labute approximate surface area is 160 Å². The zero-order valence-electron chi connectivity index (χ0n) is 14.8. The molecule has 0 amide bonds. The Balaban J connectivity index is 1.54. The number of hydrogen-bond donors (Lipinski definition) is 2. The summed E-state index contributed by atoms with van der Waals surface area (Å²) in [6.07, 6.45) is 1.18. The fourth-order valence-electron chi connectivity index (χ4n) is 2.97. The molecule has 0 radical (unpaired) electrons. The van der Waals surface area contributed by atoms with Crippen LogP contribution < -0.4 is 14.8 Å². The Morgan fingerprint density at radius 3 is 2.96 bits per heavy atom. The van der Waals surface area contributed by atoms with Gasteiger partial charge in [-0.2, -0.15) is 0 Å². The fraction of sp³-hybridized carbons (Fsp3) is 0.316. The Hall–Kier alpha value is -2.87. The van der Waals surface area contributed by atoms with Crippen molar-refractivity contribution >= 4 is 33.3 Å². The van der Waals surface area contributed by atoms with Crippen molar-refractivity contribution in [2.75, 3.05) is 12.1 Å². The highest BCUT2D eigenvalue weighted by molar-refractivity contribution is 7.18. The Morgan fingerprint density at radius 1 is 1.26 bits per heavy atom. The van der Waals surface area contributed by atoms with Crippen molar-refractivity contribution < 1.29 is 19.4 Å². The van der Waals surface area contributed by atoms with Crippen LogP contribution in [0.1, 0.15) is 29.1 Å². The molecule has 8 heteroatoms. The first kappa shape index (κ1) is 17.5. The first-order valence-electron chi connectivity index (χ1n) is 8.70. The van der Waals surface area contributed by atoms with Crippen molar-refractivity contribution in [3.05, 3.63) is 40.5 Å². The number of aliphatic carboxylic acids is 1. The first-order valence-corrected chi connectivity index (χ1v) is 9.51. The van der Waals surface area contributed by atoms with Gasteiger partial charge in [0, 0.05) is 24.3 Å². The van der Waals surface area contributed by atoms with Gasteiger partial charge in [-0.1, -0.05) is 6.07 Å². The Kier molecular flexibility index (Phi) is 4.81. The molecule has 4 rings (SSSR count). The van der Waals surface area contributed by atoms with Gasteiger partial charge >= 0.3 is 5.97 Å². The van der Waals surface area contributed by atoms with Gasteiger partial charge in [0.1, 0.15) is 16.5 Å². The van der Waals surface area contributed by atoms with Gasteiger partial charge in [0.15, 0.2) is 11.5 Å². The summed E-state index contributed by atoms with van der Waals surface area (Å²) >= 11 is 1.61. The van der Waals surface area contributed by atoms with E-state index in [4.69, 9.17) is 14.6 Å². The fourth-order valence-corrected chi connectivity index (χ4v) is 3.87. The third kappa shape index (κ3) is 3.95. The van der Waals surface area contributed by atoms with Crippen LogP contribution in [-0.2, 0) is 17.8 Å². The van der Waals surface area contributed by atoms with Crippen molar-refractivity contribution in [3.63, 3.8) is 0 Å². The third-order valence-corrected chi connectivity index (χ3v) is 5.19. The predicted molar refractivity (Wildman–Crippen MR) is 103 cm³/mol. The molecular weight excluding hydrogens is 366 g/mol. The molecule has 0 bridgehead atoms. The molecule has 0 aliphatic carbocycles.